The first-order valence-corrected chi connectivity index (χ1v) is 6.69. The molecule has 0 bridgehead atoms. The molecule has 0 unspecified atom stereocenters. The van der Waals surface area contributed by atoms with Crippen LogP contribution >= 0.6 is 0 Å². The number of anilines is 1. The number of rotatable bonds is 3. The molecule has 19 heavy (non-hydrogen) atoms. The van der Waals surface area contributed by atoms with Crippen molar-refractivity contribution in [1.82, 2.24) is 0 Å². The van der Waals surface area contributed by atoms with Crippen LogP contribution in [0.1, 0.15) is 34.3 Å². The molecule has 2 rings (SSSR count). The van der Waals surface area contributed by atoms with Crippen LogP contribution in [0, 0.1) is 19.8 Å². The van der Waals surface area contributed by atoms with Gasteiger partial charge in [0.2, 0.25) is 0 Å². The molecule has 1 aromatic carbocycles. The van der Waals surface area contributed by atoms with Gasteiger partial charge in [0.15, 0.2) is 0 Å². The Kier molecular flexibility index (Phi) is 4.43. The molecule has 0 radical (unpaired) electrons. The van der Waals surface area contributed by atoms with Gasteiger partial charge in [0.05, 0.1) is 12.2 Å². The molecule has 0 aromatic heterocycles. The first-order chi connectivity index (χ1) is 9.08. The second-order valence-electron chi connectivity index (χ2n) is 5.18. The van der Waals surface area contributed by atoms with Crippen LogP contribution in [0.4, 0.5) is 5.69 Å². The number of esters is 1. The minimum Gasteiger partial charge on any atom is -0.462 e. The van der Waals surface area contributed by atoms with E-state index in [4.69, 9.17) is 15.2 Å². The van der Waals surface area contributed by atoms with Gasteiger partial charge >= 0.3 is 5.97 Å². The number of nitrogen functional groups attached to an aromatic ring is 1. The molecule has 0 spiro atoms. The van der Waals surface area contributed by atoms with Crippen molar-refractivity contribution in [3.8, 4) is 0 Å². The van der Waals surface area contributed by atoms with E-state index in [0.717, 1.165) is 37.2 Å². The average molecular weight is 263 g/mol. The molecule has 0 saturated carbocycles. The summed E-state index contributed by atoms with van der Waals surface area (Å²) in [6, 6.07) is 3.62. The Balaban J connectivity index is 1.97. The molecule has 0 atom stereocenters. The molecule has 4 heteroatoms. The molecule has 1 aromatic rings. The van der Waals surface area contributed by atoms with E-state index in [1.165, 1.54) is 0 Å². The molecule has 1 aliphatic heterocycles. The highest BCUT2D eigenvalue weighted by Crippen LogP contribution is 2.20. The SMILES string of the molecule is Cc1cc(C)c(C(=O)OCC2CCOCC2)cc1N. The standard InChI is InChI=1S/C15H21NO3/c1-10-7-11(2)14(16)8-13(10)15(17)19-9-12-3-5-18-6-4-12/h7-8,12H,3-6,9,16H2,1-2H3. The average Bonchev–Trinajstić information content (AvgIpc) is 2.41. The van der Waals surface area contributed by atoms with E-state index in [2.05, 4.69) is 0 Å². The zero-order chi connectivity index (χ0) is 13.8. The Bertz CT molecular complexity index is 465. The van der Waals surface area contributed by atoms with Gasteiger partial charge in [-0.15, -0.1) is 0 Å². The quantitative estimate of drug-likeness (QED) is 0.672. The summed E-state index contributed by atoms with van der Waals surface area (Å²) in [5.41, 5.74) is 8.93. The zero-order valence-corrected chi connectivity index (χ0v) is 11.6. The van der Waals surface area contributed by atoms with E-state index < -0.39 is 0 Å². The third-order valence-electron chi connectivity index (χ3n) is 3.62. The van der Waals surface area contributed by atoms with Crippen LogP contribution in [-0.2, 0) is 9.47 Å². The van der Waals surface area contributed by atoms with Gasteiger partial charge in [-0.1, -0.05) is 6.07 Å². The van der Waals surface area contributed by atoms with Crippen LogP contribution in [0.25, 0.3) is 0 Å². The minimum absolute atomic E-state index is 0.282. The summed E-state index contributed by atoms with van der Waals surface area (Å²) >= 11 is 0. The van der Waals surface area contributed by atoms with E-state index in [-0.39, 0.29) is 5.97 Å². The lowest BCUT2D eigenvalue weighted by molar-refractivity contribution is 0.0185. The number of carbonyl (C=O) groups excluding carboxylic acids is 1. The fraction of sp³-hybridized carbons (Fsp3) is 0.533. The summed E-state index contributed by atoms with van der Waals surface area (Å²) in [4.78, 5) is 12.1. The second kappa shape index (κ2) is 6.06. The van der Waals surface area contributed by atoms with Crippen LogP contribution in [0.3, 0.4) is 0 Å². The fourth-order valence-corrected chi connectivity index (χ4v) is 2.27. The number of hydrogen-bond acceptors (Lipinski definition) is 4. The van der Waals surface area contributed by atoms with Crippen molar-refractivity contribution in [2.75, 3.05) is 25.6 Å². The van der Waals surface area contributed by atoms with Gasteiger partial charge in [-0.25, -0.2) is 4.79 Å². The van der Waals surface area contributed by atoms with Crippen molar-refractivity contribution in [1.29, 1.82) is 0 Å². The number of aryl methyl sites for hydroxylation is 2. The van der Waals surface area contributed by atoms with Crippen LogP contribution in [0.2, 0.25) is 0 Å². The van der Waals surface area contributed by atoms with Gasteiger partial charge in [0.1, 0.15) is 0 Å². The lowest BCUT2D eigenvalue weighted by Crippen LogP contribution is -2.22. The van der Waals surface area contributed by atoms with Gasteiger partial charge in [-0.05, 0) is 49.8 Å². The van der Waals surface area contributed by atoms with Crippen LogP contribution < -0.4 is 5.73 Å². The molecule has 104 valence electrons. The zero-order valence-electron chi connectivity index (χ0n) is 11.6. The summed E-state index contributed by atoms with van der Waals surface area (Å²) in [7, 11) is 0. The highest BCUT2D eigenvalue weighted by Gasteiger charge is 2.18. The molecule has 4 nitrogen and oxygen atoms in total. The molecular formula is C15H21NO3. The fourth-order valence-electron chi connectivity index (χ4n) is 2.27. The van der Waals surface area contributed by atoms with E-state index in [9.17, 15) is 4.79 Å². The Morgan fingerprint density at radius 3 is 2.68 bits per heavy atom. The molecule has 1 aliphatic rings. The van der Waals surface area contributed by atoms with Crippen LogP contribution in [-0.4, -0.2) is 25.8 Å². The van der Waals surface area contributed by atoms with Gasteiger partial charge in [-0.2, -0.15) is 0 Å². The Labute approximate surface area is 113 Å². The maximum Gasteiger partial charge on any atom is 0.338 e. The molecule has 1 saturated heterocycles. The van der Waals surface area contributed by atoms with Gasteiger partial charge in [0.25, 0.3) is 0 Å². The monoisotopic (exact) mass is 263 g/mol. The predicted octanol–water partition coefficient (Wildman–Crippen LogP) is 2.47. The number of carbonyl (C=O) groups is 1. The number of hydrogen-bond donors (Lipinski definition) is 1. The topological polar surface area (TPSA) is 61.5 Å². The van der Waals surface area contributed by atoms with E-state index in [1.54, 1.807) is 6.07 Å². The number of ether oxygens (including phenoxy) is 2. The summed E-state index contributed by atoms with van der Waals surface area (Å²) in [6.07, 6.45) is 1.92. The molecule has 0 aliphatic carbocycles. The maximum atomic E-state index is 12.1. The van der Waals surface area contributed by atoms with Crippen molar-refractivity contribution in [2.45, 2.75) is 26.7 Å². The highest BCUT2D eigenvalue weighted by atomic mass is 16.5. The Morgan fingerprint density at radius 1 is 1.32 bits per heavy atom. The van der Waals surface area contributed by atoms with Crippen molar-refractivity contribution in [2.24, 2.45) is 5.92 Å². The molecule has 0 amide bonds. The van der Waals surface area contributed by atoms with Crippen molar-refractivity contribution in [3.05, 3.63) is 28.8 Å². The van der Waals surface area contributed by atoms with E-state index in [1.807, 2.05) is 19.9 Å². The van der Waals surface area contributed by atoms with Crippen molar-refractivity contribution >= 4 is 11.7 Å². The molecular weight excluding hydrogens is 242 g/mol. The summed E-state index contributed by atoms with van der Waals surface area (Å²) < 4.78 is 10.7. The van der Waals surface area contributed by atoms with Gasteiger partial charge in [-0.3, -0.25) is 0 Å². The minimum atomic E-state index is -0.282. The van der Waals surface area contributed by atoms with E-state index in [0.29, 0.717) is 23.8 Å². The molecule has 1 heterocycles. The lowest BCUT2D eigenvalue weighted by Gasteiger charge is -2.21. The van der Waals surface area contributed by atoms with Crippen molar-refractivity contribution < 1.29 is 14.3 Å². The first-order valence-electron chi connectivity index (χ1n) is 6.69. The van der Waals surface area contributed by atoms with Crippen LogP contribution in [0.15, 0.2) is 12.1 Å². The summed E-state index contributed by atoms with van der Waals surface area (Å²) in [6.45, 7) is 5.82. The molecule has 2 N–H and O–H groups in total. The van der Waals surface area contributed by atoms with Gasteiger partial charge in [0, 0.05) is 18.9 Å². The number of nitrogens with two attached hydrogens (primary N) is 1. The number of benzene rings is 1. The Hall–Kier alpha value is -1.55. The Morgan fingerprint density at radius 2 is 2.00 bits per heavy atom. The third kappa shape index (κ3) is 3.47. The predicted molar refractivity (Wildman–Crippen MR) is 74.2 cm³/mol. The summed E-state index contributed by atoms with van der Waals surface area (Å²) in [5, 5.41) is 0. The van der Waals surface area contributed by atoms with E-state index >= 15 is 0 Å². The normalized spacial score (nSPS) is 16.3. The van der Waals surface area contributed by atoms with Crippen LogP contribution in [0.5, 0.6) is 0 Å². The van der Waals surface area contributed by atoms with Gasteiger partial charge < -0.3 is 15.2 Å². The largest absolute Gasteiger partial charge is 0.462 e. The highest BCUT2D eigenvalue weighted by molar-refractivity contribution is 5.92. The maximum absolute atomic E-state index is 12.1. The van der Waals surface area contributed by atoms with Crippen molar-refractivity contribution in [3.63, 3.8) is 0 Å². The second-order valence-corrected chi connectivity index (χ2v) is 5.18. The molecule has 1 fully saturated rings. The first kappa shape index (κ1) is 13.9. The third-order valence-corrected chi connectivity index (χ3v) is 3.62. The summed E-state index contributed by atoms with van der Waals surface area (Å²) in [5.74, 6) is 0.136. The smallest absolute Gasteiger partial charge is 0.338 e. The lowest BCUT2D eigenvalue weighted by atomic mass is 10.0.